The highest BCUT2D eigenvalue weighted by Gasteiger charge is 2.22. The van der Waals surface area contributed by atoms with Crippen LogP contribution in [0.4, 0.5) is 11.8 Å². The molecule has 1 saturated heterocycles. The number of carbonyl (C=O) groups is 1. The first-order valence-corrected chi connectivity index (χ1v) is 9.99. The fraction of sp³-hybridized carbons (Fsp3) is 0.333. The molecule has 1 amide bonds. The van der Waals surface area contributed by atoms with E-state index in [-0.39, 0.29) is 5.91 Å². The molecule has 0 aromatic carbocycles. The van der Waals surface area contributed by atoms with Crippen molar-refractivity contribution in [2.24, 2.45) is 0 Å². The van der Waals surface area contributed by atoms with E-state index in [4.69, 9.17) is 0 Å². The Labute approximate surface area is 175 Å². The van der Waals surface area contributed by atoms with Gasteiger partial charge < -0.3 is 15.1 Å². The maximum atomic E-state index is 12.6. The number of aryl methyl sites for hydroxylation is 1. The molecule has 9 heteroatoms. The number of aromatic nitrogens is 5. The van der Waals surface area contributed by atoms with E-state index in [0.29, 0.717) is 37.7 Å². The van der Waals surface area contributed by atoms with Crippen LogP contribution in [0.1, 0.15) is 12.1 Å². The van der Waals surface area contributed by atoms with Gasteiger partial charge in [0.2, 0.25) is 11.9 Å². The van der Waals surface area contributed by atoms with Crippen molar-refractivity contribution in [3.8, 4) is 11.4 Å². The monoisotopic (exact) mass is 404 g/mol. The van der Waals surface area contributed by atoms with Gasteiger partial charge in [0.15, 0.2) is 5.82 Å². The molecule has 0 saturated carbocycles. The van der Waals surface area contributed by atoms with Gasteiger partial charge in [-0.1, -0.05) is 0 Å². The quantitative estimate of drug-likeness (QED) is 0.664. The van der Waals surface area contributed by atoms with Crippen LogP contribution in [0.3, 0.4) is 0 Å². The van der Waals surface area contributed by atoms with Gasteiger partial charge in [0.05, 0.1) is 0 Å². The lowest BCUT2D eigenvalue weighted by atomic mass is 10.2. The Morgan fingerprint density at radius 1 is 1.07 bits per heavy atom. The number of carbonyl (C=O) groups excluding carboxylic acids is 1. The van der Waals surface area contributed by atoms with Crippen molar-refractivity contribution in [1.82, 2.24) is 29.8 Å². The molecule has 30 heavy (non-hydrogen) atoms. The summed E-state index contributed by atoms with van der Waals surface area (Å²) in [4.78, 5) is 38.3. The molecule has 0 unspecified atom stereocenters. The van der Waals surface area contributed by atoms with Crippen LogP contribution in [-0.4, -0.2) is 68.5 Å². The van der Waals surface area contributed by atoms with Gasteiger partial charge in [0.1, 0.15) is 5.82 Å². The van der Waals surface area contributed by atoms with Crippen LogP contribution in [0.25, 0.3) is 11.4 Å². The lowest BCUT2D eigenvalue weighted by Crippen LogP contribution is -2.49. The molecular formula is C21H24N8O. The number of nitrogens with one attached hydrogen (secondary N) is 1. The maximum Gasteiger partial charge on any atom is 0.225 e. The van der Waals surface area contributed by atoms with Crippen LogP contribution < -0.4 is 10.2 Å². The lowest BCUT2D eigenvalue weighted by Gasteiger charge is -2.34. The molecule has 1 aliphatic heterocycles. The molecule has 0 bridgehead atoms. The molecule has 1 fully saturated rings. The predicted octanol–water partition coefficient (Wildman–Crippen LogP) is 1.79. The third-order valence-corrected chi connectivity index (χ3v) is 4.89. The fourth-order valence-corrected chi connectivity index (χ4v) is 3.35. The number of anilines is 2. The van der Waals surface area contributed by atoms with Gasteiger partial charge in [-0.05, 0) is 25.1 Å². The Kier molecular flexibility index (Phi) is 6.07. The standard InChI is InChI=1S/C21H24N8O/c1-16-14-18(27-20(26-16)17-4-2-6-22-15-17)23-9-5-19(30)28-10-12-29(13-11-28)21-24-7-3-8-25-21/h2-4,6-8,14-15H,5,9-13H2,1H3,(H,23,26,27). The van der Waals surface area contributed by atoms with E-state index >= 15 is 0 Å². The number of rotatable bonds is 6. The predicted molar refractivity (Wildman–Crippen MR) is 114 cm³/mol. The van der Waals surface area contributed by atoms with Gasteiger partial charge in [-0.25, -0.2) is 19.9 Å². The summed E-state index contributed by atoms with van der Waals surface area (Å²) >= 11 is 0. The molecule has 1 aliphatic rings. The number of pyridine rings is 1. The molecule has 4 heterocycles. The number of nitrogens with zero attached hydrogens (tertiary/aromatic N) is 7. The van der Waals surface area contributed by atoms with Crippen molar-refractivity contribution in [1.29, 1.82) is 0 Å². The summed E-state index contributed by atoms with van der Waals surface area (Å²) in [5, 5.41) is 3.25. The molecule has 1 N–H and O–H groups in total. The zero-order chi connectivity index (χ0) is 20.8. The minimum Gasteiger partial charge on any atom is -0.369 e. The van der Waals surface area contributed by atoms with Crippen molar-refractivity contribution in [3.05, 3.63) is 54.7 Å². The second-order valence-electron chi connectivity index (χ2n) is 7.05. The largest absolute Gasteiger partial charge is 0.369 e. The zero-order valence-corrected chi connectivity index (χ0v) is 16.9. The summed E-state index contributed by atoms with van der Waals surface area (Å²) in [7, 11) is 0. The van der Waals surface area contributed by atoms with Gasteiger partial charge in [0.25, 0.3) is 0 Å². The molecule has 0 spiro atoms. The maximum absolute atomic E-state index is 12.6. The number of amides is 1. The summed E-state index contributed by atoms with van der Waals surface area (Å²) in [6, 6.07) is 7.46. The Morgan fingerprint density at radius 3 is 2.60 bits per heavy atom. The van der Waals surface area contributed by atoms with Gasteiger partial charge in [-0.2, -0.15) is 0 Å². The van der Waals surface area contributed by atoms with E-state index in [1.165, 1.54) is 0 Å². The van der Waals surface area contributed by atoms with Gasteiger partial charge in [-0.15, -0.1) is 0 Å². The molecule has 3 aromatic heterocycles. The Balaban J connectivity index is 1.28. The molecule has 9 nitrogen and oxygen atoms in total. The topological polar surface area (TPSA) is 100 Å². The SMILES string of the molecule is Cc1cc(NCCC(=O)N2CCN(c3ncccn3)CC2)nc(-c2cccnc2)n1. The molecule has 154 valence electrons. The minimum absolute atomic E-state index is 0.134. The zero-order valence-electron chi connectivity index (χ0n) is 16.9. The molecule has 0 radical (unpaired) electrons. The summed E-state index contributed by atoms with van der Waals surface area (Å²) < 4.78 is 0. The second kappa shape index (κ2) is 9.25. The van der Waals surface area contributed by atoms with Crippen LogP contribution in [-0.2, 0) is 4.79 Å². The minimum atomic E-state index is 0.134. The van der Waals surface area contributed by atoms with Crippen LogP contribution in [0.2, 0.25) is 0 Å². The first-order valence-electron chi connectivity index (χ1n) is 9.99. The highest BCUT2D eigenvalue weighted by Crippen LogP contribution is 2.17. The van der Waals surface area contributed by atoms with Crippen LogP contribution in [0.5, 0.6) is 0 Å². The summed E-state index contributed by atoms with van der Waals surface area (Å²) in [5.74, 6) is 2.18. The third kappa shape index (κ3) is 4.86. The molecular weight excluding hydrogens is 380 g/mol. The van der Waals surface area contributed by atoms with E-state index in [1.54, 1.807) is 30.9 Å². The third-order valence-electron chi connectivity index (χ3n) is 4.89. The second-order valence-corrected chi connectivity index (χ2v) is 7.05. The van der Waals surface area contributed by atoms with Gasteiger partial charge in [-0.3, -0.25) is 9.78 Å². The van der Waals surface area contributed by atoms with Crippen LogP contribution in [0.15, 0.2) is 49.1 Å². The average Bonchev–Trinajstić information content (AvgIpc) is 2.80. The summed E-state index contributed by atoms with van der Waals surface area (Å²) in [6.07, 6.45) is 7.34. The highest BCUT2D eigenvalue weighted by molar-refractivity contribution is 5.77. The van der Waals surface area contributed by atoms with Crippen LogP contribution >= 0.6 is 0 Å². The van der Waals surface area contributed by atoms with Crippen molar-refractivity contribution < 1.29 is 4.79 Å². The van der Waals surface area contributed by atoms with Crippen molar-refractivity contribution in [2.45, 2.75) is 13.3 Å². The number of hydrogen-bond donors (Lipinski definition) is 1. The van der Waals surface area contributed by atoms with E-state index in [1.807, 2.05) is 30.0 Å². The van der Waals surface area contributed by atoms with E-state index in [2.05, 4.69) is 35.1 Å². The first-order chi connectivity index (χ1) is 14.7. The van der Waals surface area contributed by atoms with Crippen molar-refractivity contribution in [3.63, 3.8) is 0 Å². The number of hydrogen-bond acceptors (Lipinski definition) is 8. The van der Waals surface area contributed by atoms with E-state index in [0.717, 1.165) is 30.3 Å². The molecule has 0 atom stereocenters. The number of piperazine rings is 1. The highest BCUT2D eigenvalue weighted by atomic mass is 16.2. The average molecular weight is 404 g/mol. The summed E-state index contributed by atoms with van der Waals surface area (Å²) in [6.45, 7) is 5.27. The van der Waals surface area contributed by atoms with E-state index in [9.17, 15) is 4.79 Å². The first kappa shape index (κ1) is 19.7. The summed E-state index contributed by atoms with van der Waals surface area (Å²) in [5.41, 5.74) is 1.72. The van der Waals surface area contributed by atoms with E-state index < -0.39 is 0 Å². The van der Waals surface area contributed by atoms with Gasteiger partial charge >= 0.3 is 0 Å². The van der Waals surface area contributed by atoms with Crippen LogP contribution in [0, 0.1) is 6.92 Å². The molecule has 4 rings (SSSR count). The van der Waals surface area contributed by atoms with Gasteiger partial charge in [0, 0.05) is 81.3 Å². The molecule has 3 aromatic rings. The smallest absolute Gasteiger partial charge is 0.225 e. The fourth-order valence-electron chi connectivity index (χ4n) is 3.35. The molecule has 0 aliphatic carbocycles. The normalized spacial score (nSPS) is 13.9. The van der Waals surface area contributed by atoms with Crippen molar-refractivity contribution >= 4 is 17.7 Å². The Morgan fingerprint density at radius 2 is 1.87 bits per heavy atom. The Bertz CT molecular complexity index is 975. The lowest BCUT2D eigenvalue weighted by molar-refractivity contribution is -0.131. The van der Waals surface area contributed by atoms with Crippen molar-refractivity contribution in [2.75, 3.05) is 42.9 Å². The Hall–Kier alpha value is -3.62.